The van der Waals surface area contributed by atoms with E-state index in [2.05, 4.69) is 20.1 Å². The summed E-state index contributed by atoms with van der Waals surface area (Å²) in [6.45, 7) is 6.72. The van der Waals surface area contributed by atoms with Gasteiger partial charge in [-0.3, -0.25) is 14.6 Å². The zero-order valence-corrected chi connectivity index (χ0v) is 17.3. The maximum atomic E-state index is 13.6. The van der Waals surface area contributed by atoms with Gasteiger partial charge in [-0.1, -0.05) is 12.1 Å². The van der Waals surface area contributed by atoms with Crippen molar-refractivity contribution in [2.75, 3.05) is 59.7 Å². The van der Waals surface area contributed by atoms with E-state index in [9.17, 15) is 9.18 Å². The fourth-order valence-electron chi connectivity index (χ4n) is 3.25. The zero-order chi connectivity index (χ0) is 21.2. The van der Waals surface area contributed by atoms with Crippen LogP contribution in [0.25, 0.3) is 0 Å². The Morgan fingerprint density at radius 2 is 2.17 bits per heavy atom. The van der Waals surface area contributed by atoms with E-state index in [-0.39, 0.29) is 17.4 Å². The quantitative estimate of drug-likeness (QED) is 0.552. The van der Waals surface area contributed by atoms with Crippen LogP contribution in [0.4, 0.5) is 4.39 Å². The van der Waals surface area contributed by atoms with Crippen molar-refractivity contribution in [3.8, 4) is 0 Å². The number of morpholine rings is 1. The molecule has 1 aromatic carbocycles. The minimum absolute atomic E-state index is 0.236. The van der Waals surface area contributed by atoms with Crippen LogP contribution in [0, 0.1) is 5.82 Å². The molecule has 0 spiro atoms. The first-order chi connectivity index (χ1) is 14.6. The molecular weight excluding hydrogens is 391 g/mol. The van der Waals surface area contributed by atoms with Crippen LogP contribution in [-0.4, -0.2) is 80.3 Å². The van der Waals surface area contributed by atoms with E-state index in [1.165, 1.54) is 18.4 Å². The topological polar surface area (TPSA) is 80.1 Å². The summed E-state index contributed by atoms with van der Waals surface area (Å²) in [6.07, 6.45) is 1.36. The van der Waals surface area contributed by atoms with Crippen molar-refractivity contribution in [3.05, 3.63) is 53.5 Å². The lowest BCUT2D eigenvalue weighted by molar-refractivity contribution is 0.0320. The molecule has 0 aliphatic carbocycles. The highest BCUT2D eigenvalue weighted by atomic mass is 19.1. The second-order valence-electron chi connectivity index (χ2n) is 7.17. The van der Waals surface area contributed by atoms with Crippen LogP contribution in [0.2, 0.25) is 0 Å². The number of nitrogens with zero attached hydrogens (tertiary/aromatic N) is 3. The Kier molecular flexibility index (Phi) is 8.76. The van der Waals surface area contributed by atoms with Crippen LogP contribution in [0.3, 0.4) is 0 Å². The molecule has 1 aliphatic rings. The molecule has 30 heavy (non-hydrogen) atoms. The first-order valence-electron chi connectivity index (χ1n) is 10.1. The highest BCUT2D eigenvalue weighted by Gasteiger charge is 2.17. The molecule has 1 N–H and O–H groups in total. The van der Waals surface area contributed by atoms with Crippen LogP contribution in [-0.2, 0) is 22.6 Å². The van der Waals surface area contributed by atoms with Crippen LogP contribution in [0.1, 0.15) is 21.9 Å². The second kappa shape index (κ2) is 11.8. The minimum atomic E-state index is -0.299. The van der Waals surface area contributed by atoms with Gasteiger partial charge in [-0.05, 0) is 17.7 Å². The molecule has 0 saturated carbocycles. The van der Waals surface area contributed by atoms with Gasteiger partial charge in [0.25, 0.3) is 5.91 Å². The number of rotatable bonds is 11. The van der Waals surface area contributed by atoms with Crippen LogP contribution in [0.5, 0.6) is 0 Å². The van der Waals surface area contributed by atoms with Crippen molar-refractivity contribution < 1.29 is 23.1 Å². The summed E-state index contributed by atoms with van der Waals surface area (Å²) in [6, 6.07) is 6.57. The first-order valence-corrected chi connectivity index (χ1v) is 10.1. The lowest BCUT2D eigenvalue weighted by Crippen LogP contribution is -2.41. The van der Waals surface area contributed by atoms with Gasteiger partial charge in [0.05, 0.1) is 26.4 Å². The predicted octanol–water partition coefficient (Wildman–Crippen LogP) is 1.52. The largest absolute Gasteiger partial charge is 0.447 e. The Balaban J connectivity index is 1.61. The SMILES string of the molecule is COCCNC(=O)c1coc(CN(CCN2CCOCC2)Cc2cccc(F)c2)n1. The van der Waals surface area contributed by atoms with Gasteiger partial charge in [0.2, 0.25) is 5.89 Å². The van der Waals surface area contributed by atoms with E-state index >= 15 is 0 Å². The highest BCUT2D eigenvalue weighted by molar-refractivity contribution is 5.91. The Labute approximate surface area is 175 Å². The van der Waals surface area contributed by atoms with Gasteiger partial charge in [-0.25, -0.2) is 9.37 Å². The van der Waals surface area contributed by atoms with E-state index in [1.54, 1.807) is 13.2 Å². The van der Waals surface area contributed by atoms with Crippen molar-refractivity contribution in [2.24, 2.45) is 0 Å². The number of halogens is 1. The molecule has 0 radical (unpaired) electrons. The Bertz CT molecular complexity index is 795. The molecule has 164 valence electrons. The molecule has 1 saturated heterocycles. The molecule has 8 nitrogen and oxygen atoms in total. The van der Waals surface area contributed by atoms with Gasteiger partial charge in [-0.15, -0.1) is 0 Å². The fourth-order valence-corrected chi connectivity index (χ4v) is 3.25. The maximum absolute atomic E-state index is 13.6. The van der Waals surface area contributed by atoms with Gasteiger partial charge < -0.3 is 19.2 Å². The van der Waals surface area contributed by atoms with Crippen molar-refractivity contribution in [1.29, 1.82) is 0 Å². The van der Waals surface area contributed by atoms with Crippen molar-refractivity contribution in [1.82, 2.24) is 20.1 Å². The summed E-state index contributed by atoms with van der Waals surface area (Å²) >= 11 is 0. The molecule has 2 aromatic rings. The number of aromatic nitrogens is 1. The van der Waals surface area contributed by atoms with E-state index in [1.807, 2.05) is 6.07 Å². The number of hydrogen-bond donors (Lipinski definition) is 1. The number of oxazole rings is 1. The number of amides is 1. The predicted molar refractivity (Wildman–Crippen MR) is 108 cm³/mol. The first kappa shape index (κ1) is 22.4. The normalized spacial score (nSPS) is 14.9. The molecular formula is C21H29FN4O4. The highest BCUT2D eigenvalue weighted by Crippen LogP contribution is 2.12. The van der Waals surface area contributed by atoms with Gasteiger partial charge >= 0.3 is 0 Å². The average molecular weight is 420 g/mol. The monoisotopic (exact) mass is 420 g/mol. The summed E-state index contributed by atoms with van der Waals surface area (Å²) in [4.78, 5) is 20.9. The number of benzene rings is 1. The average Bonchev–Trinajstić information content (AvgIpc) is 3.21. The number of nitrogens with one attached hydrogen (secondary N) is 1. The van der Waals surface area contributed by atoms with Gasteiger partial charge in [0.15, 0.2) is 5.69 Å². The molecule has 9 heteroatoms. The third-order valence-electron chi connectivity index (χ3n) is 4.87. The van der Waals surface area contributed by atoms with Crippen LogP contribution < -0.4 is 5.32 Å². The van der Waals surface area contributed by atoms with E-state index < -0.39 is 0 Å². The van der Waals surface area contributed by atoms with Crippen LogP contribution >= 0.6 is 0 Å². The van der Waals surface area contributed by atoms with E-state index in [4.69, 9.17) is 13.9 Å². The van der Waals surface area contributed by atoms with Gasteiger partial charge in [-0.2, -0.15) is 0 Å². The molecule has 0 atom stereocenters. The second-order valence-corrected chi connectivity index (χ2v) is 7.17. The number of ether oxygens (including phenoxy) is 2. The molecule has 2 heterocycles. The number of carbonyl (C=O) groups excluding carboxylic acids is 1. The smallest absolute Gasteiger partial charge is 0.273 e. The Hall–Kier alpha value is -2.33. The number of carbonyl (C=O) groups is 1. The lowest BCUT2D eigenvalue weighted by Gasteiger charge is -2.29. The van der Waals surface area contributed by atoms with Gasteiger partial charge in [0.1, 0.15) is 12.1 Å². The summed E-state index contributed by atoms with van der Waals surface area (Å²) in [7, 11) is 1.57. The van der Waals surface area contributed by atoms with E-state index in [0.717, 1.165) is 45.0 Å². The molecule has 1 aromatic heterocycles. The van der Waals surface area contributed by atoms with Crippen molar-refractivity contribution in [3.63, 3.8) is 0 Å². The molecule has 0 bridgehead atoms. The molecule has 1 aliphatic heterocycles. The summed E-state index contributed by atoms with van der Waals surface area (Å²) in [5.41, 5.74) is 1.11. The summed E-state index contributed by atoms with van der Waals surface area (Å²) in [5, 5.41) is 2.72. The van der Waals surface area contributed by atoms with Crippen molar-refractivity contribution >= 4 is 5.91 Å². The Morgan fingerprint density at radius 1 is 1.33 bits per heavy atom. The Morgan fingerprint density at radius 3 is 2.93 bits per heavy atom. The van der Waals surface area contributed by atoms with Crippen molar-refractivity contribution in [2.45, 2.75) is 13.1 Å². The van der Waals surface area contributed by atoms with Crippen LogP contribution in [0.15, 0.2) is 34.9 Å². The molecule has 3 rings (SSSR count). The molecule has 0 unspecified atom stereocenters. The summed E-state index contributed by atoms with van der Waals surface area (Å²) in [5.74, 6) is -0.107. The number of methoxy groups -OCH3 is 1. The molecule has 1 fully saturated rings. The summed E-state index contributed by atoms with van der Waals surface area (Å²) < 4.78 is 29.5. The van der Waals surface area contributed by atoms with E-state index in [0.29, 0.717) is 32.1 Å². The molecule has 1 amide bonds. The third kappa shape index (κ3) is 7.17. The standard InChI is InChI=1S/C21H29FN4O4/c1-28-10-5-23-21(27)19-16-30-20(24-19)15-26(7-6-25-8-11-29-12-9-25)14-17-3-2-4-18(22)13-17/h2-4,13,16H,5-12,14-15H2,1H3,(H,23,27). The fraction of sp³-hybridized carbons (Fsp3) is 0.524. The zero-order valence-electron chi connectivity index (χ0n) is 17.3. The van der Waals surface area contributed by atoms with Gasteiger partial charge in [0, 0.05) is 46.4 Å². The lowest BCUT2D eigenvalue weighted by atomic mass is 10.2. The third-order valence-corrected chi connectivity index (χ3v) is 4.87. The maximum Gasteiger partial charge on any atom is 0.273 e. The number of hydrogen-bond acceptors (Lipinski definition) is 7. The minimum Gasteiger partial charge on any atom is -0.447 e.